The molecule has 0 saturated heterocycles. The van der Waals surface area contributed by atoms with Gasteiger partial charge in [0, 0.05) is 0 Å². The Balaban J connectivity index is 2.30. The molecular weight excluding hydrogens is 340 g/mol. The molecule has 0 bridgehead atoms. The zero-order chi connectivity index (χ0) is 20.3. The van der Waals surface area contributed by atoms with Gasteiger partial charge in [-0.05, 0) is 69.5 Å². The third-order valence-corrected chi connectivity index (χ3v) is 5.10. The lowest BCUT2D eigenvalue weighted by Crippen LogP contribution is -2.03. The topological polar surface area (TPSA) is 47.6 Å². The van der Waals surface area contributed by atoms with Crippen molar-refractivity contribution in [1.82, 2.24) is 0 Å². The summed E-state index contributed by atoms with van der Waals surface area (Å²) in [5.74, 6) is 0.716. The first-order valence-electron chi connectivity index (χ1n) is 9.64. The molecule has 2 nitrogen and oxygen atoms in total. The SMILES string of the molecule is CC(C)c1ccc(-c2ccc(C#N)cc2)c(C(C)C)c1-c1ccc(C#N)cc1. The number of rotatable bonds is 4. The van der Waals surface area contributed by atoms with Gasteiger partial charge in [0.25, 0.3) is 0 Å². The van der Waals surface area contributed by atoms with E-state index in [1.165, 1.54) is 22.3 Å². The van der Waals surface area contributed by atoms with Crippen LogP contribution in [0.1, 0.15) is 61.8 Å². The van der Waals surface area contributed by atoms with Gasteiger partial charge in [-0.1, -0.05) is 64.1 Å². The van der Waals surface area contributed by atoms with E-state index in [2.05, 4.69) is 52.0 Å². The van der Waals surface area contributed by atoms with Crippen LogP contribution in [0.2, 0.25) is 0 Å². The Hall–Kier alpha value is -3.36. The van der Waals surface area contributed by atoms with Gasteiger partial charge in [0.05, 0.1) is 23.3 Å². The Bertz CT molecular complexity index is 1060. The van der Waals surface area contributed by atoms with Gasteiger partial charge in [-0.3, -0.25) is 0 Å². The van der Waals surface area contributed by atoms with Crippen LogP contribution in [0.4, 0.5) is 0 Å². The molecule has 0 aliphatic carbocycles. The van der Waals surface area contributed by atoms with Crippen LogP contribution in [0, 0.1) is 22.7 Å². The van der Waals surface area contributed by atoms with E-state index >= 15 is 0 Å². The van der Waals surface area contributed by atoms with Crippen molar-refractivity contribution in [2.45, 2.75) is 39.5 Å². The summed E-state index contributed by atoms with van der Waals surface area (Å²) in [4.78, 5) is 0. The molecule has 0 spiro atoms. The molecule has 3 aromatic carbocycles. The fourth-order valence-electron chi connectivity index (χ4n) is 3.73. The first kappa shape index (κ1) is 19.4. The molecule has 0 unspecified atom stereocenters. The number of nitrogens with zero attached hydrogens (tertiary/aromatic N) is 2. The normalized spacial score (nSPS) is 10.7. The number of hydrogen-bond donors (Lipinski definition) is 0. The predicted molar refractivity (Wildman–Crippen MR) is 115 cm³/mol. The monoisotopic (exact) mass is 364 g/mol. The van der Waals surface area contributed by atoms with E-state index in [0.29, 0.717) is 23.0 Å². The molecule has 0 radical (unpaired) electrons. The average molecular weight is 364 g/mol. The Morgan fingerprint density at radius 2 is 1.11 bits per heavy atom. The van der Waals surface area contributed by atoms with Crippen LogP contribution in [0.25, 0.3) is 22.3 Å². The van der Waals surface area contributed by atoms with Crippen LogP contribution < -0.4 is 0 Å². The minimum atomic E-state index is 0.329. The summed E-state index contributed by atoms with van der Waals surface area (Å²) in [5.41, 5.74) is 8.67. The molecule has 138 valence electrons. The molecule has 0 atom stereocenters. The molecule has 0 amide bonds. The van der Waals surface area contributed by atoms with Gasteiger partial charge in [0.15, 0.2) is 0 Å². The van der Waals surface area contributed by atoms with E-state index in [1.807, 2.05) is 48.5 Å². The molecule has 0 aromatic heterocycles. The highest BCUT2D eigenvalue weighted by atomic mass is 14.3. The fourth-order valence-corrected chi connectivity index (χ4v) is 3.73. The second kappa shape index (κ2) is 8.12. The van der Waals surface area contributed by atoms with E-state index < -0.39 is 0 Å². The molecule has 3 aromatic rings. The molecule has 2 heteroatoms. The minimum Gasteiger partial charge on any atom is -0.192 e. The number of hydrogen-bond acceptors (Lipinski definition) is 2. The molecule has 3 rings (SSSR count). The Labute approximate surface area is 167 Å². The van der Waals surface area contributed by atoms with E-state index in [9.17, 15) is 0 Å². The second-order valence-corrected chi connectivity index (χ2v) is 7.68. The molecule has 0 aliphatic rings. The van der Waals surface area contributed by atoms with E-state index in [0.717, 1.165) is 11.1 Å². The van der Waals surface area contributed by atoms with Crippen molar-refractivity contribution in [3.05, 3.63) is 82.9 Å². The van der Waals surface area contributed by atoms with Gasteiger partial charge in [0.2, 0.25) is 0 Å². The van der Waals surface area contributed by atoms with Gasteiger partial charge >= 0.3 is 0 Å². The summed E-state index contributed by atoms with van der Waals surface area (Å²) < 4.78 is 0. The average Bonchev–Trinajstić information content (AvgIpc) is 2.72. The maximum atomic E-state index is 9.15. The van der Waals surface area contributed by atoms with Gasteiger partial charge in [-0.25, -0.2) is 0 Å². The summed E-state index contributed by atoms with van der Waals surface area (Å²) >= 11 is 0. The van der Waals surface area contributed by atoms with Crippen LogP contribution in [0.3, 0.4) is 0 Å². The van der Waals surface area contributed by atoms with Crippen molar-refractivity contribution in [2.24, 2.45) is 0 Å². The molecule has 0 N–H and O–H groups in total. The van der Waals surface area contributed by atoms with Crippen molar-refractivity contribution in [2.75, 3.05) is 0 Å². The van der Waals surface area contributed by atoms with E-state index in [-0.39, 0.29) is 0 Å². The van der Waals surface area contributed by atoms with Crippen molar-refractivity contribution in [3.63, 3.8) is 0 Å². The van der Waals surface area contributed by atoms with Crippen molar-refractivity contribution in [3.8, 4) is 34.4 Å². The Morgan fingerprint density at radius 3 is 1.54 bits per heavy atom. The van der Waals surface area contributed by atoms with E-state index in [1.54, 1.807) is 0 Å². The van der Waals surface area contributed by atoms with E-state index in [4.69, 9.17) is 10.5 Å². The molecule has 0 heterocycles. The van der Waals surface area contributed by atoms with Gasteiger partial charge < -0.3 is 0 Å². The minimum absolute atomic E-state index is 0.329. The molecular formula is C26H24N2. The van der Waals surface area contributed by atoms with Crippen LogP contribution in [0.5, 0.6) is 0 Å². The maximum absolute atomic E-state index is 9.15. The van der Waals surface area contributed by atoms with Crippen LogP contribution >= 0.6 is 0 Å². The highest BCUT2D eigenvalue weighted by Gasteiger charge is 2.20. The van der Waals surface area contributed by atoms with Crippen molar-refractivity contribution >= 4 is 0 Å². The van der Waals surface area contributed by atoms with Crippen LogP contribution in [0.15, 0.2) is 60.7 Å². The van der Waals surface area contributed by atoms with Crippen molar-refractivity contribution < 1.29 is 0 Å². The molecule has 28 heavy (non-hydrogen) atoms. The lowest BCUT2D eigenvalue weighted by Gasteiger charge is -2.24. The third kappa shape index (κ3) is 3.68. The van der Waals surface area contributed by atoms with Gasteiger partial charge in [-0.2, -0.15) is 10.5 Å². The highest BCUT2D eigenvalue weighted by molar-refractivity contribution is 5.82. The zero-order valence-corrected chi connectivity index (χ0v) is 16.8. The standard InChI is InChI=1S/C26H24N2/c1-17(2)23-13-14-24(21-9-5-19(15-27)6-10-21)25(18(3)4)26(23)22-11-7-20(16-28)8-12-22/h5-14,17-18H,1-4H3. The highest BCUT2D eigenvalue weighted by Crippen LogP contribution is 2.42. The quantitative estimate of drug-likeness (QED) is 0.500. The second-order valence-electron chi connectivity index (χ2n) is 7.68. The van der Waals surface area contributed by atoms with Crippen molar-refractivity contribution in [1.29, 1.82) is 10.5 Å². The summed E-state index contributed by atoms with van der Waals surface area (Å²) in [5, 5.41) is 18.2. The first-order chi connectivity index (χ1) is 13.5. The Kier molecular flexibility index (Phi) is 5.62. The largest absolute Gasteiger partial charge is 0.192 e. The maximum Gasteiger partial charge on any atom is 0.0991 e. The summed E-state index contributed by atoms with van der Waals surface area (Å²) in [6.07, 6.45) is 0. The summed E-state index contributed by atoms with van der Waals surface area (Å²) in [6.45, 7) is 8.88. The van der Waals surface area contributed by atoms with Gasteiger partial charge in [-0.15, -0.1) is 0 Å². The van der Waals surface area contributed by atoms with Crippen LogP contribution in [-0.4, -0.2) is 0 Å². The first-order valence-corrected chi connectivity index (χ1v) is 9.64. The number of benzene rings is 3. The predicted octanol–water partition coefficient (Wildman–Crippen LogP) is 7.01. The molecule has 0 fully saturated rings. The zero-order valence-electron chi connectivity index (χ0n) is 16.8. The lowest BCUT2D eigenvalue weighted by atomic mass is 9.80. The van der Waals surface area contributed by atoms with Crippen LogP contribution in [-0.2, 0) is 0 Å². The smallest absolute Gasteiger partial charge is 0.0991 e. The van der Waals surface area contributed by atoms with Gasteiger partial charge in [0.1, 0.15) is 0 Å². The molecule has 0 aliphatic heterocycles. The Morgan fingerprint density at radius 1 is 0.607 bits per heavy atom. The summed E-state index contributed by atoms with van der Waals surface area (Å²) in [6, 6.07) is 24.5. The lowest BCUT2D eigenvalue weighted by molar-refractivity contribution is 0.839. The summed E-state index contributed by atoms with van der Waals surface area (Å²) in [7, 11) is 0. The molecule has 0 saturated carbocycles. The fraction of sp³-hybridized carbons (Fsp3) is 0.231. The number of nitriles is 2. The third-order valence-electron chi connectivity index (χ3n) is 5.10.